The molecule has 1 fully saturated rings. The smallest absolute Gasteiger partial charge is 0.254 e. The van der Waals surface area contributed by atoms with Crippen LogP contribution >= 0.6 is 34.4 Å². The maximum atomic E-state index is 12.3. The zero-order chi connectivity index (χ0) is 11.4. The highest BCUT2D eigenvalue weighted by Gasteiger charge is 2.18. The van der Waals surface area contributed by atoms with Crippen molar-refractivity contribution in [2.45, 2.75) is 6.42 Å². The molecule has 1 heterocycles. The van der Waals surface area contributed by atoms with Gasteiger partial charge < -0.3 is 4.90 Å². The zero-order valence-corrected chi connectivity index (χ0v) is 12.0. The summed E-state index contributed by atoms with van der Waals surface area (Å²) in [5.41, 5.74) is 0.843. The highest BCUT2D eigenvalue weighted by molar-refractivity contribution is 14.1. The molecule has 4 heteroatoms. The van der Waals surface area contributed by atoms with Gasteiger partial charge in [0.2, 0.25) is 0 Å². The van der Waals surface area contributed by atoms with E-state index in [-0.39, 0.29) is 5.91 Å². The van der Waals surface area contributed by atoms with Crippen molar-refractivity contribution in [1.29, 1.82) is 0 Å². The van der Waals surface area contributed by atoms with E-state index in [1.807, 2.05) is 40.9 Å². The van der Waals surface area contributed by atoms with Crippen molar-refractivity contribution in [2.24, 2.45) is 0 Å². The van der Waals surface area contributed by atoms with Crippen LogP contribution in [0.15, 0.2) is 24.3 Å². The van der Waals surface area contributed by atoms with Gasteiger partial charge in [0, 0.05) is 22.4 Å². The molecule has 0 aromatic heterocycles. The molecule has 16 heavy (non-hydrogen) atoms. The molecule has 1 aliphatic heterocycles. The molecule has 0 unspecified atom stereocenters. The zero-order valence-electron chi connectivity index (χ0n) is 8.99. The van der Waals surface area contributed by atoms with E-state index < -0.39 is 0 Å². The Labute approximate surface area is 114 Å². The number of rotatable bonds is 1. The summed E-state index contributed by atoms with van der Waals surface area (Å²) in [5, 5.41) is 0. The van der Waals surface area contributed by atoms with Crippen LogP contribution in [0.25, 0.3) is 0 Å². The van der Waals surface area contributed by atoms with Gasteiger partial charge in [-0.2, -0.15) is 11.8 Å². The number of nitrogens with zero attached hydrogens (tertiary/aromatic N) is 1. The lowest BCUT2D eigenvalue weighted by molar-refractivity contribution is 0.0767. The first kappa shape index (κ1) is 12.2. The number of amides is 1. The minimum absolute atomic E-state index is 0.188. The van der Waals surface area contributed by atoms with Gasteiger partial charge in [-0.05, 0) is 46.9 Å². The Kier molecular flexibility index (Phi) is 4.52. The minimum atomic E-state index is 0.188. The molecular weight excluding hydrogens is 333 g/mol. The first-order valence-corrected chi connectivity index (χ1v) is 7.64. The summed E-state index contributed by atoms with van der Waals surface area (Å²) in [7, 11) is 0. The number of hydrogen-bond acceptors (Lipinski definition) is 2. The van der Waals surface area contributed by atoms with E-state index >= 15 is 0 Å². The van der Waals surface area contributed by atoms with Gasteiger partial charge in [0.1, 0.15) is 0 Å². The summed E-state index contributed by atoms with van der Waals surface area (Å²) in [6.07, 6.45) is 1.11. The maximum absolute atomic E-state index is 12.3. The van der Waals surface area contributed by atoms with Gasteiger partial charge in [0.05, 0.1) is 5.56 Å². The number of hydrogen-bond donors (Lipinski definition) is 0. The molecule has 2 nitrogen and oxygen atoms in total. The fourth-order valence-electron chi connectivity index (χ4n) is 1.75. The Hall–Kier alpha value is -0.230. The summed E-state index contributed by atoms with van der Waals surface area (Å²) in [5.74, 6) is 2.43. The number of benzene rings is 1. The quantitative estimate of drug-likeness (QED) is 0.728. The van der Waals surface area contributed by atoms with Crippen LogP contribution in [0, 0.1) is 3.57 Å². The molecule has 1 saturated heterocycles. The third-order valence-electron chi connectivity index (χ3n) is 2.61. The first-order valence-electron chi connectivity index (χ1n) is 5.40. The summed E-state index contributed by atoms with van der Waals surface area (Å²) >= 11 is 4.17. The van der Waals surface area contributed by atoms with E-state index in [4.69, 9.17) is 0 Å². The van der Waals surface area contributed by atoms with Crippen molar-refractivity contribution in [3.63, 3.8) is 0 Å². The van der Waals surface area contributed by atoms with Crippen LogP contribution in [0.1, 0.15) is 16.8 Å². The third-order valence-corrected chi connectivity index (χ3v) is 4.60. The number of carbonyl (C=O) groups is 1. The molecule has 0 aliphatic carbocycles. The van der Waals surface area contributed by atoms with Crippen LogP contribution in [0.2, 0.25) is 0 Å². The molecule has 1 aliphatic rings. The lowest BCUT2D eigenvalue weighted by Crippen LogP contribution is -2.33. The van der Waals surface area contributed by atoms with Crippen LogP contribution in [0.5, 0.6) is 0 Å². The first-order chi connectivity index (χ1) is 7.79. The number of carbonyl (C=O) groups excluding carboxylic acids is 1. The number of halogens is 1. The van der Waals surface area contributed by atoms with Gasteiger partial charge in [-0.25, -0.2) is 0 Å². The Morgan fingerprint density at radius 3 is 2.88 bits per heavy atom. The largest absolute Gasteiger partial charge is 0.338 e. The van der Waals surface area contributed by atoms with E-state index in [1.54, 1.807) is 0 Å². The molecule has 0 atom stereocenters. The van der Waals surface area contributed by atoms with Crippen LogP contribution in [0.4, 0.5) is 0 Å². The Morgan fingerprint density at radius 2 is 2.06 bits per heavy atom. The molecule has 0 saturated carbocycles. The highest BCUT2D eigenvalue weighted by Crippen LogP contribution is 2.17. The second-order valence-corrected chi connectivity index (χ2v) is 6.12. The molecule has 0 radical (unpaired) electrons. The van der Waals surface area contributed by atoms with Crippen LogP contribution < -0.4 is 0 Å². The molecule has 0 N–H and O–H groups in total. The SMILES string of the molecule is O=C(c1ccccc1I)N1CCCSCC1. The average Bonchev–Trinajstić information content (AvgIpc) is 2.57. The Bertz CT molecular complexity index is 375. The number of thioether (sulfide) groups is 1. The summed E-state index contributed by atoms with van der Waals surface area (Å²) in [4.78, 5) is 14.3. The van der Waals surface area contributed by atoms with Crippen LogP contribution in [-0.2, 0) is 0 Å². The van der Waals surface area contributed by atoms with E-state index in [9.17, 15) is 4.79 Å². The predicted octanol–water partition coefficient (Wildman–Crippen LogP) is 2.87. The minimum Gasteiger partial charge on any atom is -0.338 e. The fraction of sp³-hybridized carbons (Fsp3) is 0.417. The van der Waals surface area contributed by atoms with E-state index in [0.29, 0.717) is 0 Å². The van der Waals surface area contributed by atoms with Gasteiger partial charge in [0.15, 0.2) is 0 Å². The molecule has 2 rings (SSSR count). The van der Waals surface area contributed by atoms with Crippen molar-refractivity contribution in [3.05, 3.63) is 33.4 Å². The van der Waals surface area contributed by atoms with Crippen LogP contribution in [0.3, 0.4) is 0 Å². The molecule has 0 spiro atoms. The van der Waals surface area contributed by atoms with E-state index in [1.165, 1.54) is 5.75 Å². The molecule has 86 valence electrons. The topological polar surface area (TPSA) is 20.3 Å². The second kappa shape index (κ2) is 5.91. The second-order valence-electron chi connectivity index (χ2n) is 3.74. The van der Waals surface area contributed by atoms with Gasteiger partial charge in [-0.1, -0.05) is 12.1 Å². The van der Waals surface area contributed by atoms with Crippen LogP contribution in [-0.4, -0.2) is 35.4 Å². The predicted molar refractivity (Wildman–Crippen MR) is 77.0 cm³/mol. The van der Waals surface area contributed by atoms with Crippen molar-refractivity contribution < 1.29 is 4.79 Å². The third kappa shape index (κ3) is 2.91. The average molecular weight is 347 g/mol. The van der Waals surface area contributed by atoms with E-state index in [2.05, 4.69) is 22.6 Å². The summed E-state index contributed by atoms with van der Waals surface area (Å²) in [6, 6.07) is 7.81. The fourth-order valence-corrected chi connectivity index (χ4v) is 3.26. The van der Waals surface area contributed by atoms with Crippen molar-refractivity contribution >= 4 is 40.3 Å². The normalized spacial score (nSPS) is 16.9. The summed E-state index contributed by atoms with van der Waals surface area (Å²) in [6.45, 7) is 1.78. The van der Waals surface area contributed by atoms with Gasteiger partial charge >= 0.3 is 0 Å². The lowest BCUT2D eigenvalue weighted by Gasteiger charge is -2.20. The van der Waals surface area contributed by atoms with Crippen molar-refractivity contribution in [2.75, 3.05) is 24.6 Å². The lowest BCUT2D eigenvalue weighted by atomic mass is 10.2. The van der Waals surface area contributed by atoms with Crippen molar-refractivity contribution in [3.8, 4) is 0 Å². The molecular formula is C12H14INOS. The highest BCUT2D eigenvalue weighted by atomic mass is 127. The van der Waals surface area contributed by atoms with E-state index in [0.717, 1.165) is 34.4 Å². The molecule has 0 bridgehead atoms. The standard InChI is InChI=1S/C12H14INOS/c13-11-5-2-1-4-10(11)12(15)14-6-3-8-16-9-7-14/h1-2,4-5H,3,6-9H2. The van der Waals surface area contributed by atoms with Gasteiger partial charge in [-0.15, -0.1) is 0 Å². The van der Waals surface area contributed by atoms with Gasteiger partial charge in [-0.3, -0.25) is 4.79 Å². The Balaban J connectivity index is 2.14. The van der Waals surface area contributed by atoms with Gasteiger partial charge in [0.25, 0.3) is 5.91 Å². The molecule has 1 amide bonds. The monoisotopic (exact) mass is 347 g/mol. The van der Waals surface area contributed by atoms with Crippen molar-refractivity contribution in [1.82, 2.24) is 4.90 Å². The maximum Gasteiger partial charge on any atom is 0.254 e. The Morgan fingerprint density at radius 1 is 1.25 bits per heavy atom. The summed E-state index contributed by atoms with van der Waals surface area (Å²) < 4.78 is 1.04. The molecule has 1 aromatic rings. The molecule has 1 aromatic carbocycles.